The molecule has 0 spiro atoms. The van der Waals surface area contributed by atoms with Crippen LogP contribution in [0.3, 0.4) is 0 Å². The summed E-state index contributed by atoms with van der Waals surface area (Å²) in [4.78, 5) is 36.1. The minimum absolute atomic E-state index is 0.0660. The molecule has 1 aromatic heterocycles. The number of carbonyl (C=O) groups is 3. The first-order valence-electron chi connectivity index (χ1n) is 14.1. The Hall–Kier alpha value is -2.63. The molecule has 0 atom stereocenters. The van der Waals surface area contributed by atoms with Crippen molar-refractivity contribution in [3.63, 3.8) is 0 Å². The van der Waals surface area contributed by atoms with Gasteiger partial charge >= 0.3 is 11.9 Å². The predicted octanol–water partition coefficient (Wildman–Crippen LogP) is 8.26. The average molecular weight is 500 g/mol. The van der Waals surface area contributed by atoms with Crippen LogP contribution in [0, 0.1) is 0 Å². The molecular weight excluding hydrogens is 454 g/mol. The Balaban J connectivity index is 1.93. The molecular formula is C30H45NO5. The number of unbranched alkanes of at least 4 members (excludes halogenated alkanes) is 13. The summed E-state index contributed by atoms with van der Waals surface area (Å²) in [5, 5.41) is 19.5. The molecule has 2 aromatic rings. The molecule has 6 nitrogen and oxygen atoms in total. The minimum Gasteiger partial charge on any atom is -0.481 e. The Bertz CT molecular complexity index is 962. The Morgan fingerprint density at radius 1 is 0.694 bits per heavy atom. The van der Waals surface area contributed by atoms with Crippen LogP contribution in [0.4, 0.5) is 0 Å². The molecule has 0 amide bonds. The first-order valence-corrected chi connectivity index (χ1v) is 14.1. The summed E-state index contributed by atoms with van der Waals surface area (Å²) in [6.07, 6.45) is 16.5. The number of carbonyl (C=O) groups excluding carboxylic acids is 1. The fourth-order valence-corrected chi connectivity index (χ4v) is 5.01. The molecule has 1 heterocycles. The van der Waals surface area contributed by atoms with E-state index in [-0.39, 0.29) is 17.9 Å². The van der Waals surface area contributed by atoms with Gasteiger partial charge in [0.05, 0.1) is 5.56 Å². The van der Waals surface area contributed by atoms with E-state index in [9.17, 15) is 19.5 Å². The van der Waals surface area contributed by atoms with Crippen LogP contribution in [0.2, 0.25) is 0 Å². The van der Waals surface area contributed by atoms with Crippen molar-refractivity contribution in [2.45, 2.75) is 123 Å². The maximum atomic E-state index is 13.2. The van der Waals surface area contributed by atoms with Gasteiger partial charge in [-0.2, -0.15) is 0 Å². The van der Waals surface area contributed by atoms with Crippen LogP contribution in [-0.4, -0.2) is 32.5 Å². The van der Waals surface area contributed by atoms with E-state index in [1.165, 1.54) is 38.5 Å². The van der Waals surface area contributed by atoms with E-state index < -0.39 is 11.9 Å². The van der Waals surface area contributed by atoms with Crippen LogP contribution < -0.4 is 0 Å². The predicted molar refractivity (Wildman–Crippen MR) is 145 cm³/mol. The van der Waals surface area contributed by atoms with E-state index in [1.807, 2.05) is 28.8 Å². The number of carboxylic acids is 2. The van der Waals surface area contributed by atoms with Gasteiger partial charge in [-0.1, -0.05) is 102 Å². The number of benzene rings is 1. The molecule has 36 heavy (non-hydrogen) atoms. The van der Waals surface area contributed by atoms with Gasteiger partial charge in [0.15, 0.2) is 5.78 Å². The van der Waals surface area contributed by atoms with E-state index in [0.717, 1.165) is 62.3 Å². The number of hydrogen-bond donors (Lipinski definition) is 2. The first kappa shape index (κ1) is 29.6. The smallest absolute Gasteiger partial charge is 0.353 e. The fourth-order valence-electron chi connectivity index (χ4n) is 5.01. The third-order valence-electron chi connectivity index (χ3n) is 6.98. The lowest BCUT2D eigenvalue weighted by Crippen LogP contribution is -2.13. The van der Waals surface area contributed by atoms with E-state index in [1.54, 1.807) is 0 Å². The number of para-hydroxylation sites is 1. The monoisotopic (exact) mass is 499 g/mol. The van der Waals surface area contributed by atoms with E-state index in [0.29, 0.717) is 24.9 Å². The maximum Gasteiger partial charge on any atom is 0.353 e. The summed E-state index contributed by atoms with van der Waals surface area (Å²) >= 11 is 0. The highest BCUT2D eigenvalue weighted by Crippen LogP contribution is 2.29. The van der Waals surface area contributed by atoms with Gasteiger partial charge in [0.25, 0.3) is 0 Å². The minimum atomic E-state index is -1.05. The molecule has 0 fully saturated rings. The van der Waals surface area contributed by atoms with Crippen molar-refractivity contribution in [1.29, 1.82) is 0 Å². The number of aryl methyl sites for hydroxylation is 1. The van der Waals surface area contributed by atoms with Crippen molar-refractivity contribution in [1.82, 2.24) is 4.57 Å². The number of carboxylic acid groups (broad SMARTS) is 2. The Morgan fingerprint density at radius 2 is 1.22 bits per heavy atom. The number of ketones is 1. The van der Waals surface area contributed by atoms with Crippen LogP contribution in [0.1, 0.15) is 137 Å². The topological polar surface area (TPSA) is 96.6 Å². The zero-order valence-electron chi connectivity index (χ0n) is 22.1. The van der Waals surface area contributed by atoms with Gasteiger partial charge in [-0.05, 0) is 25.3 Å². The second-order valence-electron chi connectivity index (χ2n) is 9.96. The number of hydrogen-bond acceptors (Lipinski definition) is 3. The second-order valence-corrected chi connectivity index (χ2v) is 9.96. The molecule has 0 aliphatic carbocycles. The molecule has 1 aromatic carbocycles. The first-order chi connectivity index (χ1) is 17.5. The summed E-state index contributed by atoms with van der Waals surface area (Å²) in [6.45, 7) is 2.78. The molecule has 2 N–H and O–H groups in total. The van der Waals surface area contributed by atoms with E-state index in [4.69, 9.17) is 5.11 Å². The van der Waals surface area contributed by atoms with Gasteiger partial charge in [0, 0.05) is 30.3 Å². The summed E-state index contributed by atoms with van der Waals surface area (Å²) in [5.74, 6) is -1.86. The normalized spacial score (nSPS) is 11.2. The number of fused-ring (bicyclic) bond motifs is 1. The number of aliphatic carboxylic acids is 1. The lowest BCUT2D eigenvalue weighted by Gasteiger charge is -2.09. The van der Waals surface area contributed by atoms with Crippen molar-refractivity contribution >= 4 is 28.6 Å². The summed E-state index contributed by atoms with van der Waals surface area (Å²) in [6, 6.07) is 7.53. The molecule has 0 saturated carbocycles. The quantitative estimate of drug-likeness (QED) is 0.133. The highest BCUT2D eigenvalue weighted by Gasteiger charge is 2.26. The van der Waals surface area contributed by atoms with E-state index in [2.05, 4.69) is 6.92 Å². The van der Waals surface area contributed by atoms with Crippen molar-refractivity contribution in [2.24, 2.45) is 0 Å². The van der Waals surface area contributed by atoms with Gasteiger partial charge in [0.2, 0.25) is 0 Å². The number of Topliss-reactive ketones (excluding diaryl/α,β-unsaturated/α-hetero) is 1. The Kier molecular flexibility index (Phi) is 13.9. The largest absolute Gasteiger partial charge is 0.481 e. The van der Waals surface area contributed by atoms with Gasteiger partial charge < -0.3 is 14.8 Å². The molecule has 0 bridgehead atoms. The van der Waals surface area contributed by atoms with Crippen LogP contribution in [0.25, 0.3) is 10.9 Å². The zero-order chi connectivity index (χ0) is 26.2. The number of aromatic carboxylic acids is 1. The Labute approximate surface area is 216 Å². The summed E-state index contributed by atoms with van der Waals surface area (Å²) in [5.41, 5.74) is 1.30. The van der Waals surface area contributed by atoms with Gasteiger partial charge in [-0.25, -0.2) is 4.79 Å². The molecule has 200 valence electrons. The Morgan fingerprint density at radius 3 is 1.81 bits per heavy atom. The molecule has 2 rings (SSSR count). The molecule has 0 saturated heterocycles. The van der Waals surface area contributed by atoms with Crippen LogP contribution in [0.15, 0.2) is 24.3 Å². The van der Waals surface area contributed by atoms with Crippen molar-refractivity contribution < 1.29 is 24.6 Å². The molecule has 0 aliphatic heterocycles. The SMILES string of the molecule is CCCCCCCCCCCC(=O)c1c(C(=O)O)n(CCCCCCCCC(=O)O)c2ccccc12. The summed E-state index contributed by atoms with van der Waals surface area (Å²) < 4.78 is 1.81. The highest BCUT2D eigenvalue weighted by molar-refractivity contribution is 6.15. The maximum absolute atomic E-state index is 13.2. The number of nitrogens with zero attached hydrogens (tertiary/aromatic N) is 1. The van der Waals surface area contributed by atoms with E-state index >= 15 is 0 Å². The lowest BCUT2D eigenvalue weighted by atomic mass is 10.0. The van der Waals surface area contributed by atoms with Gasteiger partial charge in [0.1, 0.15) is 5.69 Å². The molecule has 0 aliphatic rings. The number of rotatable bonds is 21. The second kappa shape index (κ2) is 16.9. The molecule has 0 radical (unpaired) electrons. The standard InChI is InChI=1S/C30H45NO5/c1-2-3-4-5-6-7-8-11-14-21-26(32)28-24-19-16-17-20-25(24)31(29(28)30(35)36)23-18-13-10-9-12-15-22-27(33)34/h16-17,19-20H,2-15,18,21-23H2,1H3,(H,33,34)(H,35,36). The fraction of sp³-hybridized carbons (Fsp3) is 0.633. The van der Waals surface area contributed by atoms with Crippen LogP contribution in [0.5, 0.6) is 0 Å². The van der Waals surface area contributed by atoms with Crippen LogP contribution >= 0.6 is 0 Å². The third kappa shape index (κ3) is 9.79. The number of aromatic nitrogens is 1. The summed E-state index contributed by atoms with van der Waals surface area (Å²) in [7, 11) is 0. The average Bonchev–Trinajstić information content (AvgIpc) is 3.19. The molecule has 0 unspecified atom stereocenters. The van der Waals surface area contributed by atoms with Gasteiger partial charge in [-0.3, -0.25) is 9.59 Å². The lowest BCUT2D eigenvalue weighted by molar-refractivity contribution is -0.137. The zero-order valence-corrected chi connectivity index (χ0v) is 22.1. The highest BCUT2D eigenvalue weighted by atomic mass is 16.4. The molecule has 6 heteroatoms. The van der Waals surface area contributed by atoms with Crippen LogP contribution in [-0.2, 0) is 11.3 Å². The van der Waals surface area contributed by atoms with Crippen molar-refractivity contribution in [3.05, 3.63) is 35.5 Å². The van der Waals surface area contributed by atoms with Crippen molar-refractivity contribution in [3.8, 4) is 0 Å². The van der Waals surface area contributed by atoms with Crippen molar-refractivity contribution in [2.75, 3.05) is 0 Å². The third-order valence-corrected chi connectivity index (χ3v) is 6.98. The van der Waals surface area contributed by atoms with Gasteiger partial charge in [-0.15, -0.1) is 0 Å².